The summed E-state index contributed by atoms with van der Waals surface area (Å²) in [6.07, 6.45) is 6.92. The van der Waals surface area contributed by atoms with Crippen LogP contribution >= 0.6 is 0 Å². The van der Waals surface area contributed by atoms with Crippen LogP contribution in [0.25, 0.3) is 17.7 Å². The fourth-order valence-corrected chi connectivity index (χ4v) is 2.91. The molecule has 0 bridgehead atoms. The van der Waals surface area contributed by atoms with Crippen molar-refractivity contribution >= 4 is 23.9 Å². The van der Waals surface area contributed by atoms with Crippen molar-refractivity contribution in [3.63, 3.8) is 0 Å². The molecule has 0 aliphatic carbocycles. The summed E-state index contributed by atoms with van der Waals surface area (Å²) in [5, 5.41) is 1.80. The largest absolute Gasteiger partial charge is 0.358 e. The molecule has 1 aromatic rings. The number of hydrogen-bond acceptors (Lipinski definition) is 5. The van der Waals surface area contributed by atoms with Gasteiger partial charge in [-0.1, -0.05) is 12.2 Å². The highest BCUT2D eigenvalue weighted by molar-refractivity contribution is 6.10. The molecule has 0 amide bonds. The molecule has 0 spiro atoms. The van der Waals surface area contributed by atoms with E-state index in [2.05, 4.69) is 4.99 Å². The van der Waals surface area contributed by atoms with E-state index in [1.807, 2.05) is 45.1 Å². The maximum Gasteiger partial charge on any atom is 0.259 e. The van der Waals surface area contributed by atoms with Gasteiger partial charge in [0.05, 0.1) is 6.04 Å². The Hall–Kier alpha value is -2.02. The number of hydrogen-bond donors (Lipinski definition) is 2. The van der Waals surface area contributed by atoms with E-state index in [0.717, 1.165) is 16.1 Å². The van der Waals surface area contributed by atoms with Crippen molar-refractivity contribution in [2.45, 2.75) is 39.1 Å². The first-order chi connectivity index (χ1) is 11.4. The number of dihydropyridines is 1. The Bertz CT molecular complexity index is 834. The lowest BCUT2D eigenvalue weighted by Crippen LogP contribution is -2.46. The minimum Gasteiger partial charge on any atom is -0.358 e. The van der Waals surface area contributed by atoms with E-state index in [1.165, 1.54) is 0 Å². The van der Waals surface area contributed by atoms with Crippen molar-refractivity contribution in [1.82, 2.24) is 4.57 Å². The summed E-state index contributed by atoms with van der Waals surface area (Å²) in [6, 6.07) is 1.50. The quantitative estimate of drug-likeness (QED) is 0.795. The van der Waals surface area contributed by atoms with Gasteiger partial charge in [0, 0.05) is 42.4 Å². The van der Waals surface area contributed by atoms with Gasteiger partial charge in [-0.2, -0.15) is 0 Å². The minimum absolute atomic E-state index is 0.00970. The molecule has 130 valence electrons. The van der Waals surface area contributed by atoms with Gasteiger partial charge in [0.2, 0.25) is 0 Å². The van der Waals surface area contributed by atoms with Crippen LogP contribution in [0.15, 0.2) is 21.9 Å². The molecule has 2 heterocycles. The average Bonchev–Trinajstić information content (AvgIpc) is 2.55. The van der Waals surface area contributed by atoms with Crippen LogP contribution < -0.4 is 27.6 Å². The van der Waals surface area contributed by atoms with Crippen LogP contribution in [0.1, 0.15) is 32.4 Å². The van der Waals surface area contributed by atoms with E-state index in [9.17, 15) is 4.79 Å². The number of aromatic nitrogens is 1. The average molecular weight is 330 g/mol. The van der Waals surface area contributed by atoms with Crippen LogP contribution in [-0.4, -0.2) is 36.7 Å². The van der Waals surface area contributed by atoms with E-state index >= 15 is 0 Å². The molecular weight excluding hydrogens is 304 g/mol. The summed E-state index contributed by atoms with van der Waals surface area (Å²) in [7, 11) is 1.56. The number of rotatable bonds is 4. The molecule has 6 nitrogen and oxygen atoms in total. The summed E-state index contributed by atoms with van der Waals surface area (Å²) < 4.78 is 6.96. The third kappa shape index (κ3) is 3.40. The highest BCUT2D eigenvalue weighted by atomic mass is 16.5. The number of allylic oxidation sites excluding steroid dienone is 1. The van der Waals surface area contributed by atoms with Gasteiger partial charge in [-0.25, -0.2) is 0 Å². The first kappa shape index (κ1) is 18.3. The highest BCUT2D eigenvalue weighted by Crippen LogP contribution is 2.15. The SMILES string of the molecule is C/C=c1\cc(C2=CC(N)C(OC)N=C2)c(=O)n(C(C)C)\c1=C\CN. The number of methoxy groups -OCH3 is 1. The first-order valence-corrected chi connectivity index (χ1v) is 8.10. The van der Waals surface area contributed by atoms with Crippen molar-refractivity contribution in [3.8, 4) is 0 Å². The smallest absolute Gasteiger partial charge is 0.259 e. The molecule has 0 saturated heterocycles. The van der Waals surface area contributed by atoms with Gasteiger partial charge in [0.1, 0.15) is 0 Å². The molecule has 2 atom stereocenters. The van der Waals surface area contributed by atoms with Crippen LogP contribution in [0.4, 0.5) is 0 Å². The number of nitrogens with zero attached hydrogens (tertiary/aromatic N) is 2. The zero-order chi connectivity index (χ0) is 17.9. The molecule has 1 aliphatic heterocycles. The lowest BCUT2D eigenvalue weighted by molar-refractivity contribution is 0.0997. The van der Waals surface area contributed by atoms with Crippen molar-refractivity contribution in [2.75, 3.05) is 13.7 Å². The van der Waals surface area contributed by atoms with E-state index in [-0.39, 0.29) is 17.6 Å². The molecular formula is C18H26N4O2. The lowest BCUT2D eigenvalue weighted by atomic mass is 10.0. The molecule has 6 heteroatoms. The van der Waals surface area contributed by atoms with Crippen LogP contribution in [0, 0.1) is 0 Å². The van der Waals surface area contributed by atoms with Gasteiger partial charge in [0.15, 0.2) is 6.23 Å². The zero-order valence-corrected chi connectivity index (χ0v) is 14.7. The topological polar surface area (TPSA) is 95.6 Å². The molecule has 0 saturated carbocycles. The van der Waals surface area contributed by atoms with Crippen molar-refractivity contribution in [1.29, 1.82) is 0 Å². The molecule has 4 N–H and O–H groups in total. The van der Waals surface area contributed by atoms with Crippen LogP contribution in [-0.2, 0) is 4.74 Å². The second-order valence-electron chi connectivity index (χ2n) is 6.00. The van der Waals surface area contributed by atoms with Crippen LogP contribution in [0.3, 0.4) is 0 Å². The number of aliphatic imine (C=N–C) groups is 1. The molecule has 2 unspecified atom stereocenters. The summed E-state index contributed by atoms with van der Waals surface area (Å²) in [4.78, 5) is 17.3. The molecule has 0 aromatic carbocycles. The van der Waals surface area contributed by atoms with Gasteiger partial charge >= 0.3 is 0 Å². The standard InChI is InChI=1S/C18H26N4O2/c1-5-12-8-14(13-9-15(20)17(24-4)21-10-13)18(23)22(11(2)3)16(12)6-7-19/h5-6,8-11,15,17H,7,19-20H2,1-4H3/b12-5+,16-6+. The Morgan fingerprint density at radius 3 is 2.67 bits per heavy atom. The van der Waals surface area contributed by atoms with E-state index in [4.69, 9.17) is 16.2 Å². The van der Waals surface area contributed by atoms with Gasteiger partial charge in [-0.05, 0) is 38.1 Å². The summed E-state index contributed by atoms with van der Waals surface area (Å²) >= 11 is 0. The molecule has 1 aliphatic rings. The van der Waals surface area contributed by atoms with Crippen LogP contribution in [0.2, 0.25) is 0 Å². The normalized spacial score (nSPS) is 22.4. The predicted molar refractivity (Wildman–Crippen MR) is 99.2 cm³/mol. The minimum atomic E-state index is -0.414. The third-order valence-corrected chi connectivity index (χ3v) is 4.06. The number of nitrogens with two attached hydrogens (primary N) is 2. The van der Waals surface area contributed by atoms with Gasteiger partial charge in [-0.3, -0.25) is 9.79 Å². The number of ether oxygens (including phenoxy) is 1. The van der Waals surface area contributed by atoms with Crippen molar-refractivity contribution in [2.24, 2.45) is 16.5 Å². The van der Waals surface area contributed by atoms with Gasteiger partial charge in [0.25, 0.3) is 5.56 Å². The Morgan fingerprint density at radius 2 is 2.17 bits per heavy atom. The second-order valence-corrected chi connectivity index (χ2v) is 6.00. The maximum atomic E-state index is 13.0. The third-order valence-electron chi connectivity index (χ3n) is 4.06. The van der Waals surface area contributed by atoms with E-state index in [1.54, 1.807) is 17.9 Å². The summed E-state index contributed by atoms with van der Waals surface area (Å²) in [5.74, 6) is 0. The zero-order valence-electron chi connectivity index (χ0n) is 14.7. The highest BCUT2D eigenvalue weighted by Gasteiger charge is 2.20. The molecule has 0 fully saturated rings. The second kappa shape index (κ2) is 7.70. The Morgan fingerprint density at radius 1 is 1.46 bits per heavy atom. The molecule has 24 heavy (non-hydrogen) atoms. The monoisotopic (exact) mass is 330 g/mol. The predicted octanol–water partition coefficient (Wildman–Crippen LogP) is -0.264. The lowest BCUT2D eigenvalue weighted by Gasteiger charge is -2.21. The Kier molecular flexibility index (Phi) is 5.88. The molecule has 1 aromatic heterocycles. The summed E-state index contributed by atoms with van der Waals surface area (Å²) in [5.41, 5.74) is 13.0. The Labute approximate surface area is 141 Å². The van der Waals surface area contributed by atoms with Crippen molar-refractivity contribution < 1.29 is 4.74 Å². The Balaban J connectivity index is 2.75. The fourth-order valence-electron chi connectivity index (χ4n) is 2.91. The van der Waals surface area contributed by atoms with Crippen molar-refractivity contribution in [3.05, 3.63) is 38.6 Å². The van der Waals surface area contributed by atoms with Crippen LogP contribution in [0.5, 0.6) is 0 Å². The molecule has 0 radical (unpaired) electrons. The summed E-state index contributed by atoms with van der Waals surface area (Å²) in [6.45, 7) is 6.28. The van der Waals surface area contributed by atoms with E-state index < -0.39 is 6.23 Å². The van der Waals surface area contributed by atoms with E-state index in [0.29, 0.717) is 12.1 Å². The fraction of sp³-hybridized carbons (Fsp3) is 0.444. The first-order valence-electron chi connectivity index (χ1n) is 8.10. The number of pyridine rings is 1. The maximum absolute atomic E-state index is 13.0. The molecule has 2 rings (SSSR count). The van der Waals surface area contributed by atoms with Gasteiger partial charge < -0.3 is 20.8 Å². The van der Waals surface area contributed by atoms with Gasteiger partial charge in [-0.15, -0.1) is 0 Å².